The van der Waals surface area contributed by atoms with Crippen molar-refractivity contribution in [1.82, 2.24) is 9.78 Å². The second kappa shape index (κ2) is 5.36. The fourth-order valence-electron chi connectivity index (χ4n) is 2.21. The van der Waals surface area contributed by atoms with Crippen LogP contribution in [0.5, 0.6) is 5.75 Å². The highest BCUT2D eigenvalue weighted by Gasteiger charge is 2.20. The summed E-state index contributed by atoms with van der Waals surface area (Å²) in [5, 5.41) is 13.5. The molecular weight excluding hydrogens is 256 g/mol. The molecule has 1 N–H and O–H groups in total. The molecule has 0 unspecified atom stereocenters. The summed E-state index contributed by atoms with van der Waals surface area (Å²) in [6.07, 6.45) is 0.106. The highest BCUT2D eigenvalue weighted by atomic mass is 16.5. The predicted molar refractivity (Wildman–Crippen MR) is 76.1 cm³/mol. The summed E-state index contributed by atoms with van der Waals surface area (Å²) < 4.78 is 7.17. The molecule has 106 valence electrons. The minimum Gasteiger partial charge on any atom is -0.491 e. The third-order valence-electron chi connectivity index (χ3n) is 2.94. The van der Waals surface area contributed by atoms with Crippen LogP contribution in [0.3, 0.4) is 0 Å². The number of benzene rings is 1. The highest BCUT2D eigenvalue weighted by Crippen LogP contribution is 2.27. The molecular formula is C15H18N2O3. The molecule has 0 amide bonds. The molecule has 0 aliphatic carbocycles. The molecule has 5 heteroatoms. The SMILES string of the molecule is Cc1nn(C)c(-c2ccc(OC(C)C)cc2)c1C(=O)O. The van der Waals surface area contributed by atoms with Gasteiger partial charge in [-0.15, -0.1) is 0 Å². The fourth-order valence-corrected chi connectivity index (χ4v) is 2.21. The number of aryl methyl sites for hydroxylation is 2. The first-order valence-electron chi connectivity index (χ1n) is 6.44. The van der Waals surface area contributed by atoms with Crippen molar-refractivity contribution in [2.24, 2.45) is 7.05 Å². The van der Waals surface area contributed by atoms with E-state index in [1.807, 2.05) is 38.1 Å². The number of aromatic carboxylic acids is 1. The van der Waals surface area contributed by atoms with E-state index >= 15 is 0 Å². The molecule has 0 spiro atoms. The summed E-state index contributed by atoms with van der Waals surface area (Å²) >= 11 is 0. The third kappa shape index (κ3) is 2.66. The van der Waals surface area contributed by atoms with Crippen LogP contribution in [0.1, 0.15) is 29.9 Å². The maximum absolute atomic E-state index is 11.4. The Kier molecular flexibility index (Phi) is 3.79. The monoisotopic (exact) mass is 274 g/mol. The number of carbonyl (C=O) groups is 1. The first-order chi connectivity index (χ1) is 9.40. The topological polar surface area (TPSA) is 64.4 Å². The lowest BCUT2D eigenvalue weighted by Crippen LogP contribution is -2.05. The van der Waals surface area contributed by atoms with E-state index in [0.29, 0.717) is 11.4 Å². The van der Waals surface area contributed by atoms with Gasteiger partial charge in [0.15, 0.2) is 0 Å². The van der Waals surface area contributed by atoms with E-state index in [0.717, 1.165) is 11.3 Å². The van der Waals surface area contributed by atoms with Crippen LogP contribution in [-0.4, -0.2) is 27.0 Å². The Bertz CT molecular complexity index is 627. The van der Waals surface area contributed by atoms with Gasteiger partial charge in [0.25, 0.3) is 0 Å². The van der Waals surface area contributed by atoms with Crippen molar-refractivity contribution in [3.63, 3.8) is 0 Å². The van der Waals surface area contributed by atoms with E-state index in [4.69, 9.17) is 4.74 Å². The van der Waals surface area contributed by atoms with Gasteiger partial charge in [-0.05, 0) is 45.0 Å². The van der Waals surface area contributed by atoms with Crippen LogP contribution >= 0.6 is 0 Å². The van der Waals surface area contributed by atoms with E-state index in [1.54, 1.807) is 18.7 Å². The van der Waals surface area contributed by atoms with Crippen molar-refractivity contribution in [3.8, 4) is 17.0 Å². The number of carboxylic acids is 1. The molecule has 2 rings (SSSR count). The Hall–Kier alpha value is -2.30. The molecule has 20 heavy (non-hydrogen) atoms. The van der Waals surface area contributed by atoms with Gasteiger partial charge in [0.2, 0.25) is 0 Å². The molecule has 0 fully saturated rings. The zero-order valence-corrected chi connectivity index (χ0v) is 12.0. The summed E-state index contributed by atoms with van der Waals surface area (Å²) in [5.74, 6) is -0.201. The Morgan fingerprint density at radius 3 is 2.40 bits per heavy atom. The molecule has 1 heterocycles. The van der Waals surface area contributed by atoms with Crippen LogP contribution in [0.15, 0.2) is 24.3 Å². The van der Waals surface area contributed by atoms with Crippen LogP contribution in [-0.2, 0) is 7.05 Å². The number of carboxylic acid groups (broad SMARTS) is 1. The molecule has 5 nitrogen and oxygen atoms in total. The van der Waals surface area contributed by atoms with Crippen LogP contribution in [0.25, 0.3) is 11.3 Å². The Morgan fingerprint density at radius 2 is 1.90 bits per heavy atom. The van der Waals surface area contributed by atoms with E-state index in [2.05, 4.69) is 5.10 Å². The molecule has 2 aromatic rings. The number of ether oxygens (including phenoxy) is 1. The first kappa shape index (κ1) is 14.1. The summed E-state index contributed by atoms with van der Waals surface area (Å²) in [6.45, 7) is 5.62. The lowest BCUT2D eigenvalue weighted by Gasteiger charge is -2.10. The maximum atomic E-state index is 11.4. The van der Waals surface area contributed by atoms with Crippen molar-refractivity contribution < 1.29 is 14.6 Å². The molecule has 0 atom stereocenters. The minimum absolute atomic E-state index is 0.106. The van der Waals surface area contributed by atoms with Gasteiger partial charge < -0.3 is 9.84 Å². The smallest absolute Gasteiger partial charge is 0.339 e. The van der Waals surface area contributed by atoms with Gasteiger partial charge in [0.05, 0.1) is 17.5 Å². The number of rotatable bonds is 4. The van der Waals surface area contributed by atoms with Crippen molar-refractivity contribution in [2.45, 2.75) is 26.9 Å². The third-order valence-corrected chi connectivity index (χ3v) is 2.94. The van der Waals surface area contributed by atoms with Crippen molar-refractivity contribution in [3.05, 3.63) is 35.5 Å². The van der Waals surface area contributed by atoms with Gasteiger partial charge in [-0.3, -0.25) is 4.68 Å². The number of hydrogen-bond acceptors (Lipinski definition) is 3. The van der Waals surface area contributed by atoms with Crippen LogP contribution in [0.2, 0.25) is 0 Å². The zero-order chi connectivity index (χ0) is 14.9. The summed E-state index contributed by atoms with van der Waals surface area (Å²) in [4.78, 5) is 11.4. The van der Waals surface area contributed by atoms with Gasteiger partial charge in [0, 0.05) is 12.6 Å². The standard InChI is InChI=1S/C15H18N2O3/c1-9(2)20-12-7-5-11(6-8-12)14-13(15(18)19)10(3)16-17(14)4/h5-9H,1-4H3,(H,18,19). The maximum Gasteiger partial charge on any atom is 0.339 e. The van der Waals surface area contributed by atoms with Crippen molar-refractivity contribution in [2.75, 3.05) is 0 Å². The molecule has 0 bridgehead atoms. The Labute approximate surface area is 117 Å². The normalized spacial score (nSPS) is 10.8. The van der Waals surface area contributed by atoms with Crippen LogP contribution in [0.4, 0.5) is 0 Å². The van der Waals surface area contributed by atoms with E-state index in [-0.39, 0.29) is 11.7 Å². The second-order valence-corrected chi connectivity index (χ2v) is 4.93. The molecule has 1 aromatic heterocycles. The molecule has 0 aliphatic heterocycles. The number of hydrogen-bond donors (Lipinski definition) is 1. The van der Waals surface area contributed by atoms with E-state index < -0.39 is 5.97 Å². The van der Waals surface area contributed by atoms with Gasteiger partial charge in [-0.2, -0.15) is 5.10 Å². The lowest BCUT2D eigenvalue weighted by atomic mass is 10.1. The summed E-state index contributed by atoms with van der Waals surface area (Å²) in [6, 6.07) is 7.37. The second-order valence-electron chi connectivity index (χ2n) is 4.93. The summed E-state index contributed by atoms with van der Waals surface area (Å²) in [5.41, 5.74) is 2.16. The largest absolute Gasteiger partial charge is 0.491 e. The highest BCUT2D eigenvalue weighted by molar-refractivity contribution is 5.96. The van der Waals surface area contributed by atoms with Crippen molar-refractivity contribution >= 4 is 5.97 Å². The lowest BCUT2D eigenvalue weighted by molar-refractivity contribution is 0.0697. The van der Waals surface area contributed by atoms with Gasteiger partial charge in [-0.1, -0.05) is 0 Å². The predicted octanol–water partition coefficient (Wildman–Crippen LogP) is 2.88. The Balaban J connectivity index is 2.44. The molecule has 0 saturated heterocycles. The zero-order valence-electron chi connectivity index (χ0n) is 12.0. The van der Waals surface area contributed by atoms with Crippen molar-refractivity contribution in [1.29, 1.82) is 0 Å². The first-order valence-corrected chi connectivity index (χ1v) is 6.44. The average Bonchev–Trinajstić information content (AvgIpc) is 2.64. The van der Waals surface area contributed by atoms with Crippen LogP contribution < -0.4 is 4.74 Å². The quantitative estimate of drug-likeness (QED) is 0.931. The molecule has 0 aliphatic rings. The number of aromatic nitrogens is 2. The van der Waals surface area contributed by atoms with Gasteiger partial charge in [0.1, 0.15) is 11.3 Å². The Morgan fingerprint density at radius 1 is 1.30 bits per heavy atom. The van der Waals surface area contributed by atoms with E-state index in [9.17, 15) is 9.90 Å². The van der Waals surface area contributed by atoms with E-state index in [1.165, 1.54) is 0 Å². The molecule has 0 saturated carbocycles. The fraction of sp³-hybridized carbons (Fsp3) is 0.333. The molecule has 1 aromatic carbocycles. The minimum atomic E-state index is -0.965. The van der Waals surface area contributed by atoms with Crippen LogP contribution in [0, 0.1) is 6.92 Å². The van der Waals surface area contributed by atoms with Gasteiger partial charge in [-0.25, -0.2) is 4.79 Å². The average molecular weight is 274 g/mol. The molecule has 0 radical (unpaired) electrons. The van der Waals surface area contributed by atoms with Gasteiger partial charge >= 0.3 is 5.97 Å². The number of nitrogens with zero attached hydrogens (tertiary/aromatic N) is 2. The summed E-state index contributed by atoms with van der Waals surface area (Å²) in [7, 11) is 1.74.